The lowest BCUT2D eigenvalue weighted by atomic mass is 10.1. The molecule has 0 radical (unpaired) electrons. The maximum absolute atomic E-state index is 12.6. The van der Waals surface area contributed by atoms with Crippen LogP contribution < -0.4 is 0 Å². The minimum Gasteiger partial charge on any atom is -0.359 e. The van der Waals surface area contributed by atoms with Gasteiger partial charge in [0.05, 0.1) is 12.6 Å². The highest BCUT2D eigenvalue weighted by Gasteiger charge is 2.26. The van der Waals surface area contributed by atoms with Gasteiger partial charge >= 0.3 is 0 Å². The third-order valence-corrected chi connectivity index (χ3v) is 4.57. The third-order valence-electron chi connectivity index (χ3n) is 4.57. The van der Waals surface area contributed by atoms with Gasteiger partial charge < -0.3 is 9.42 Å². The molecule has 1 aliphatic heterocycles. The van der Waals surface area contributed by atoms with Crippen LogP contribution in [0.5, 0.6) is 0 Å². The summed E-state index contributed by atoms with van der Waals surface area (Å²) in [5.74, 6) is 0.665. The van der Waals surface area contributed by atoms with Gasteiger partial charge in [-0.2, -0.15) is 0 Å². The van der Waals surface area contributed by atoms with Crippen LogP contribution in [0.4, 0.5) is 0 Å². The van der Waals surface area contributed by atoms with Crippen LogP contribution in [0.3, 0.4) is 0 Å². The Morgan fingerprint density at radius 3 is 2.92 bits per heavy atom. The van der Waals surface area contributed by atoms with Crippen molar-refractivity contribution in [2.75, 3.05) is 20.1 Å². The van der Waals surface area contributed by atoms with Crippen LogP contribution in [0, 0.1) is 0 Å². The molecule has 0 saturated carbocycles. The maximum Gasteiger partial charge on any atom is 0.276 e. The van der Waals surface area contributed by atoms with Crippen LogP contribution >= 0.6 is 0 Å². The summed E-state index contributed by atoms with van der Waals surface area (Å²) in [5.41, 5.74) is 1.71. The van der Waals surface area contributed by atoms with Gasteiger partial charge in [-0.3, -0.25) is 9.69 Å². The molecule has 0 aliphatic carbocycles. The molecule has 1 aromatic carbocycles. The molecule has 0 bridgehead atoms. The van der Waals surface area contributed by atoms with Crippen LogP contribution in [0.15, 0.2) is 53.1 Å². The molecule has 3 rings (SSSR count). The predicted molar refractivity (Wildman–Crippen MR) is 97.2 cm³/mol. The van der Waals surface area contributed by atoms with E-state index in [9.17, 15) is 4.79 Å². The summed E-state index contributed by atoms with van der Waals surface area (Å²) in [6.07, 6.45) is 6.00. The van der Waals surface area contributed by atoms with Crippen LogP contribution in [0.25, 0.3) is 0 Å². The SMILES string of the molecule is CCC1C=CCN1C(=O)c1cc(CN(C)CCc2ccccc2)on1. The zero-order valence-corrected chi connectivity index (χ0v) is 14.9. The number of hydrogen-bond donors (Lipinski definition) is 0. The normalized spacial score (nSPS) is 16.8. The van der Waals surface area contributed by atoms with E-state index in [1.165, 1.54) is 5.56 Å². The van der Waals surface area contributed by atoms with Crippen molar-refractivity contribution in [3.05, 3.63) is 65.6 Å². The van der Waals surface area contributed by atoms with Crippen LogP contribution in [-0.4, -0.2) is 47.0 Å². The predicted octanol–water partition coefficient (Wildman–Crippen LogP) is 3.14. The van der Waals surface area contributed by atoms with Crippen molar-refractivity contribution >= 4 is 5.91 Å². The van der Waals surface area contributed by atoms with E-state index in [1.807, 2.05) is 24.1 Å². The monoisotopic (exact) mass is 339 g/mol. The molecule has 1 aromatic heterocycles. The van der Waals surface area contributed by atoms with Gasteiger partial charge in [-0.15, -0.1) is 0 Å². The van der Waals surface area contributed by atoms with Crippen molar-refractivity contribution in [1.82, 2.24) is 15.0 Å². The first-order chi connectivity index (χ1) is 12.2. The van der Waals surface area contributed by atoms with Crippen LogP contribution in [0.2, 0.25) is 0 Å². The molecule has 2 aromatic rings. The fourth-order valence-electron chi connectivity index (χ4n) is 3.11. The number of carbonyl (C=O) groups is 1. The Hall–Kier alpha value is -2.40. The zero-order chi connectivity index (χ0) is 17.6. The highest BCUT2D eigenvalue weighted by atomic mass is 16.5. The van der Waals surface area contributed by atoms with Crippen LogP contribution in [0.1, 0.15) is 35.2 Å². The van der Waals surface area contributed by atoms with E-state index in [2.05, 4.69) is 47.3 Å². The second kappa shape index (κ2) is 8.12. The second-order valence-electron chi connectivity index (χ2n) is 6.51. The molecule has 0 N–H and O–H groups in total. The number of aromatic nitrogens is 1. The van der Waals surface area contributed by atoms with Crippen molar-refractivity contribution in [2.24, 2.45) is 0 Å². The standard InChI is InChI=1S/C20H25N3O2/c1-3-17-10-7-12-23(17)20(24)19-14-18(25-21-19)15-22(2)13-11-16-8-5-4-6-9-16/h4-10,14,17H,3,11-13,15H2,1-2H3. The summed E-state index contributed by atoms with van der Waals surface area (Å²) in [5, 5.41) is 3.98. The van der Waals surface area contributed by atoms with E-state index >= 15 is 0 Å². The lowest BCUT2D eigenvalue weighted by Crippen LogP contribution is -2.35. The quantitative estimate of drug-likeness (QED) is 0.727. The summed E-state index contributed by atoms with van der Waals surface area (Å²) in [6, 6.07) is 12.3. The molecule has 1 aliphatic rings. The number of nitrogens with zero attached hydrogens (tertiary/aromatic N) is 3. The van der Waals surface area contributed by atoms with Gasteiger partial charge in [-0.1, -0.05) is 54.6 Å². The smallest absolute Gasteiger partial charge is 0.276 e. The van der Waals surface area contributed by atoms with Gasteiger partial charge in [0, 0.05) is 19.2 Å². The molecule has 25 heavy (non-hydrogen) atoms. The summed E-state index contributed by atoms with van der Waals surface area (Å²) in [4.78, 5) is 16.6. The highest BCUT2D eigenvalue weighted by molar-refractivity contribution is 5.93. The Kier molecular flexibility index (Phi) is 5.66. The molecule has 0 spiro atoms. The van der Waals surface area contributed by atoms with E-state index in [0.717, 1.165) is 25.1 Å². The van der Waals surface area contributed by atoms with Crippen molar-refractivity contribution < 1.29 is 9.32 Å². The minimum absolute atomic E-state index is 0.0567. The van der Waals surface area contributed by atoms with Gasteiger partial charge in [0.2, 0.25) is 0 Å². The topological polar surface area (TPSA) is 49.6 Å². The van der Waals surface area contributed by atoms with Crippen LogP contribution in [-0.2, 0) is 13.0 Å². The van der Waals surface area contributed by atoms with Gasteiger partial charge in [-0.25, -0.2) is 0 Å². The molecule has 1 atom stereocenters. The summed E-state index contributed by atoms with van der Waals surface area (Å²) in [7, 11) is 2.05. The molecular formula is C20H25N3O2. The number of carbonyl (C=O) groups excluding carboxylic acids is 1. The number of benzene rings is 1. The molecular weight excluding hydrogens is 314 g/mol. The molecule has 2 heterocycles. The number of rotatable bonds is 7. The lowest BCUT2D eigenvalue weighted by Gasteiger charge is -2.22. The molecule has 0 saturated heterocycles. The Morgan fingerprint density at radius 1 is 1.36 bits per heavy atom. The molecule has 1 amide bonds. The van der Waals surface area contributed by atoms with Crippen molar-refractivity contribution in [3.63, 3.8) is 0 Å². The third kappa shape index (κ3) is 4.37. The van der Waals surface area contributed by atoms with E-state index < -0.39 is 0 Å². The highest BCUT2D eigenvalue weighted by Crippen LogP contribution is 2.17. The fourth-order valence-corrected chi connectivity index (χ4v) is 3.11. The zero-order valence-electron chi connectivity index (χ0n) is 14.9. The molecule has 132 valence electrons. The summed E-state index contributed by atoms with van der Waals surface area (Å²) >= 11 is 0. The summed E-state index contributed by atoms with van der Waals surface area (Å²) < 4.78 is 5.38. The van der Waals surface area contributed by atoms with Crippen molar-refractivity contribution in [1.29, 1.82) is 0 Å². The first-order valence-electron chi connectivity index (χ1n) is 8.83. The average Bonchev–Trinajstić information content (AvgIpc) is 3.29. The Bertz CT molecular complexity index is 724. The fraction of sp³-hybridized carbons (Fsp3) is 0.400. The minimum atomic E-state index is -0.0567. The Balaban J connectivity index is 1.53. The van der Waals surface area contributed by atoms with Gasteiger partial charge in [-0.05, 0) is 25.5 Å². The van der Waals surface area contributed by atoms with E-state index in [4.69, 9.17) is 4.52 Å². The van der Waals surface area contributed by atoms with Crippen molar-refractivity contribution in [2.45, 2.75) is 32.4 Å². The van der Waals surface area contributed by atoms with E-state index in [0.29, 0.717) is 18.8 Å². The Labute approximate surface area is 148 Å². The number of amides is 1. The van der Waals surface area contributed by atoms with E-state index in [1.54, 1.807) is 6.07 Å². The molecule has 5 heteroatoms. The van der Waals surface area contributed by atoms with Crippen molar-refractivity contribution in [3.8, 4) is 0 Å². The van der Waals surface area contributed by atoms with Gasteiger partial charge in [0.25, 0.3) is 5.91 Å². The molecule has 0 fully saturated rings. The average molecular weight is 339 g/mol. The second-order valence-corrected chi connectivity index (χ2v) is 6.51. The maximum atomic E-state index is 12.6. The number of hydrogen-bond acceptors (Lipinski definition) is 4. The van der Waals surface area contributed by atoms with Gasteiger partial charge in [0.1, 0.15) is 0 Å². The first kappa shape index (κ1) is 17.4. The molecule has 1 unspecified atom stereocenters. The lowest BCUT2D eigenvalue weighted by molar-refractivity contribution is 0.0737. The van der Waals surface area contributed by atoms with E-state index in [-0.39, 0.29) is 11.9 Å². The van der Waals surface area contributed by atoms with Gasteiger partial charge in [0.15, 0.2) is 11.5 Å². The summed E-state index contributed by atoms with van der Waals surface area (Å²) in [6.45, 7) is 4.29. The molecule has 5 nitrogen and oxygen atoms in total. The first-order valence-corrected chi connectivity index (χ1v) is 8.83. The Morgan fingerprint density at radius 2 is 2.16 bits per heavy atom. The number of likely N-dealkylation sites (N-methyl/N-ethyl adjacent to an activating group) is 1. The largest absolute Gasteiger partial charge is 0.359 e.